The van der Waals surface area contributed by atoms with E-state index in [0.29, 0.717) is 16.9 Å². The Kier molecular flexibility index (Phi) is 3.35. The highest BCUT2D eigenvalue weighted by Crippen LogP contribution is 2.24. The van der Waals surface area contributed by atoms with Gasteiger partial charge in [-0.1, -0.05) is 0 Å². The Balaban J connectivity index is 2.29. The third-order valence-corrected chi connectivity index (χ3v) is 3.00. The maximum absolute atomic E-state index is 13.5. The summed E-state index contributed by atoms with van der Waals surface area (Å²) in [7, 11) is 0. The van der Waals surface area contributed by atoms with E-state index in [9.17, 15) is 9.18 Å². The molecule has 0 saturated carbocycles. The number of ether oxygens (including phenoxy) is 1. The zero-order valence-corrected chi connectivity index (χ0v) is 11.3. The van der Waals surface area contributed by atoms with Crippen molar-refractivity contribution >= 4 is 16.9 Å². The van der Waals surface area contributed by atoms with E-state index in [1.165, 1.54) is 16.7 Å². The Labute approximate surface area is 120 Å². The van der Waals surface area contributed by atoms with Gasteiger partial charge in [0, 0.05) is 17.8 Å². The minimum Gasteiger partial charge on any atom is -0.461 e. The van der Waals surface area contributed by atoms with E-state index in [1.54, 1.807) is 37.5 Å². The van der Waals surface area contributed by atoms with Crippen LogP contribution in [0.4, 0.5) is 4.39 Å². The van der Waals surface area contributed by atoms with E-state index >= 15 is 0 Å². The highest BCUT2D eigenvalue weighted by Gasteiger charge is 2.19. The summed E-state index contributed by atoms with van der Waals surface area (Å²) in [4.78, 5) is 20.4. The van der Waals surface area contributed by atoms with Crippen molar-refractivity contribution in [1.29, 1.82) is 0 Å². The van der Waals surface area contributed by atoms with Crippen molar-refractivity contribution in [3.8, 4) is 5.95 Å². The minimum atomic E-state index is -0.499. The number of aromatic nitrogens is 3. The second kappa shape index (κ2) is 5.32. The molecular formula is C15H12FN3O2. The molecule has 0 unspecified atom stereocenters. The molecule has 2 aromatic heterocycles. The standard InChI is InChI=1S/C15H12FN3O2/c1-2-21-14(20)13-8-10-4-5-11(16)9-12(10)19(13)15-17-6-3-7-18-15/h3-9H,2H2,1H3. The van der Waals surface area contributed by atoms with Gasteiger partial charge < -0.3 is 4.74 Å². The molecular weight excluding hydrogens is 273 g/mol. The van der Waals surface area contributed by atoms with Gasteiger partial charge in [0.2, 0.25) is 5.95 Å². The summed E-state index contributed by atoms with van der Waals surface area (Å²) in [6.07, 6.45) is 3.12. The predicted octanol–water partition coefficient (Wildman–Crippen LogP) is 2.74. The van der Waals surface area contributed by atoms with Gasteiger partial charge in [0.15, 0.2) is 0 Å². The monoisotopic (exact) mass is 285 g/mol. The van der Waals surface area contributed by atoms with Crippen molar-refractivity contribution in [2.24, 2.45) is 0 Å². The van der Waals surface area contributed by atoms with Gasteiger partial charge in [-0.3, -0.25) is 4.57 Å². The summed E-state index contributed by atoms with van der Waals surface area (Å²) in [6, 6.07) is 7.59. The maximum Gasteiger partial charge on any atom is 0.355 e. The van der Waals surface area contributed by atoms with Crippen LogP contribution in [0.15, 0.2) is 42.7 Å². The summed E-state index contributed by atoms with van der Waals surface area (Å²) >= 11 is 0. The Bertz CT molecular complexity index is 799. The molecule has 0 saturated heterocycles. The van der Waals surface area contributed by atoms with Crippen LogP contribution in [0.2, 0.25) is 0 Å². The summed E-state index contributed by atoms with van der Waals surface area (Å²) in [5, 5.41) is 0.715. The van der Waals surface area contributed by atoms with Crippen LogP contribution >= 0.6 is 0 Å². The molecule has 1 aromatic carbocycles. The van der Waals surface area contributed by atoms with Crippen molar-refractivity contribution in [1.82, 2.24) is 14.5 Å². The van der Waals surface area contributed by atoms with E-state index in [4.69, 9.17) is 4.74 Å². The molecule has 2 heterocycles. The Morgan fingerprint density at radius 3 is 2.76 bits per heavy atom. The van der Waals surface area contributed by atoms with Crippen molar-refractivity contribution in [2.75, 3.05) is 6.61 Å². The van der Waals surface area contributed by atoms with E-state index in [-0.39, 0.29) is 12.3 Å². The van der Waals surface area contributed by atoms with E-state index in [0.717, 1.165) is 0 Å². The number of benzene rings is 1. The van der Waals surface area contributed by atoms with Crippen molar-refractivity contribution in [2.45, 2.75) is 6.92 Å². The summed E-state index contributed by atoms with van der Waals surface area (Å²) in [5.41, 5.74) is 0.785. The first-order valence-corrected chi connectivity index (χ1v) is 6.46. The molecule has 5 nitrogen and oxygen atoms in total. The first kappa shape index (κ1) is 13.2. The smallest absolute Gasteiger partial charge is 0.355 e. The number of carbonyl (C=O) groups excluding carboxylic acids is 1. The fourth-order valence-electron chi connectivity index (χ4n) is 2.15. The van der Waals surface area contributed by atoms with E-state index in [2.05, 4.69) is 9.97 Å². The van der Waals surface area contributed by atoms with Gasteiger partial charge in [-0.25, -0.2) is 19.2 Å². The number of nitrogens with zero attached hydrogens (tertiary/aromatic N) is 3. The summed E-state index contributed by atoms with van der Waals surface area (Å²) in [5.74, 6) is -0.601. The molecule has 0 aliphatic carbocycles. The zero-order chi connectivity index (χ0) is 14.8. The SMILES string of the molecule is CCOC(=O)c1cc2ccc(F)cc2n1-c1ncccn1. The van der Waals surface area contributed by atoms with Gasteiger partial charge >= 0.3 is 5.97 Å². The molecule has 6 heteroatoms. The number of halogens is 1. The van der Waals surface area contributed by atoms with Gasteiger partial charge in [0.25, 0.3) is 0 Å². The Morgan fingerprint density at radius 1 is 1.29 bits per heavy atom. The largest absolute Gasteiger partial charge is 0.461 e. The molecule has 0 atom stereocenters. The molecule has 0 aliphatic heterocycles. The molecule has 0 aliphatic rings. The zero-order valence-electron chi connectivity index (χ0n) is 11.3. The molecule has 21 heavy (non-hydrogen) atoms. The molecule has 3 rings (SSSR count). The highest BCUT2D eigenvalue weighted by molar-refractivity contribution is 5.96. The molecule has 106 valence electrons. The third-order valence-electron chi connectivity index (χ3n) is 3.00. The third kappa shape index (κ3) is 2.35. The lowest BCUT2D eigenvalue weighted by Gasteiger charge is -2.07. The lowest BCUT2D eigenvalue weighted by molar-refractivity contribution is 0.0517. The van der Waals surface area contributed by atoms with Gasteiger partial charge in [-0.2, -0.15) is 0 Å². The van der Waals surface area contributed by atoms with Gasteiger partial charge in [-0.05, 0) is 37.3 Å². The number of fused-ring (bicyclic) bond motifs is 1. The van der Waals surface area contributed by atoms with Crippen LogP contribution in [0.5, 0.6) is 0 Å². The van der Waals surface area contributed by atoms with E-state index in [1.807, 2.05) is 0 Å². The molecule has 0 bridgehead atoms. The van der Waals surface area contributed by atoms with Crippen LogP contribution < -0.4 is 0 Å². The number of hydrogen-bond acceptors (Lipinski definition) is 4. The Hall–Kier alpha value is -2.76. The molecule has 0 N–H and O–H groups in total. The molecule has 3 aromatic rings. The summed E-state index contributed by atoms with van der Waals surface area (Å²) in [6.45, 7) is 1.98. The molecule has 0 spiro atoms. The second-order valence-corrected chi connectivity index (χ2v) is 4.34. The number of hydrogen-bond donors (Lipinski definition) is 0. The van der Waals surface area contributed by atoms with Crippen molar-refractivity contribution < 1.29 is 13.9 Å². The molecule has 0 fully saturated rings. The first-order valence-electron chi connectivity index (χ1n) is 6.46. The quantitative estimate of drug-likeness (QED) is 0.694. The van der Waals surface area contributed by atoms with Crippen molar-refractivity contribution in [3.05, 3.63) is 54.2 Å². The second-order valence-electron chi connectivity index (χ2n) is 4.34. The molecule has 0 amide bonds. The van der Waals surface area contributed by atoms with Crippen molar-refractivity contribution in [3.63, 3.8) is 0 Å². The highest BCUT2D eigenvalue weighted by atomic mass is 19.1. The van der Waals surface area contributed by atoms with E-state index < -0.39 is 11.8 Å². The van der Waals surface area contributed by atoms with Crippen LogP contribution in [0.25, 0.3) is 16.9 Å². The number of rotatable bonds is 3. The lowest BCUT2D eigenvalue weighted by atomic mass is 10.2. The predicted molar refractivity (Wildman–Crippen MR) is 74.8 cm³/mol. The topological polar surface area (TPSA) is 57.0 Å². The van der Waals surface area contributed by atoms with Crippen LogP contribution in [-0.4, -0.2) is 27.1 Å². The lowest BCUT2D eigenvalue weighted by Crippen LogP contribution is -2.12. The van der Waals surface area contributed by atoms with Crippen LogP contribution in [-0.2, 0) is 4.74 Å². The van der Waals surface area contributed by atoms with Crippen LogP contribution in [0.3, 0.4) is 0 Å². The normalized spacial score (nSPS) is 10.8. The number of esters is 1. The fourth-order valence-corrected chi connectivity index (χ4v) is 2.15. The van der Waals surface area contributed by atoms with Crippen LogP contribution in [0.1, 0.15) is 17.4 Å². The first-order chi connectivity index (χ1) is 10.2. The van der Waals surface area contributed by atoms with Gasteiger partial charge in [-0.15, -0.1) is 0 Å². The maximum atomic E-state index is 13.5. The van der Waals surface area contributed by atoms with Gasteiger partial charge in [0.1, 0.15) is 11.5 Å². The van der Waals surface area contributed by atoms with Gasteiger partial charge in [0.05, 0.1) is 12.1 Å². The number of carbonyl (C=O) groups is 1. The average Bonchev–Trinajstić information content (AvgIpc) is 2.87. The van der Waals surface area contributed by atoms with Crippen LogP contribution in [0, 0.1) is 5.82 Å². The average molecular weight is 285 g/mol. The Morgan fingerprint density at radius 2 is 2.05 bits per heavy atom. The molecule has 0 radical (unpaired) electrons. The minimum absolute atomic E-state index is 0.254. The summed E-state index contributed by atoms with van der Waals surface area (Å²) < 4.78 is 20.1. The fraction of sp³-hybridized carbons (Fsp3) is 0.133.